The van der Waals surface area contributed by atoms with E-state index in [1.54, 1.807) is 4.68 Å². The van der Waals surface area contributed by atoms with Crippen molar-refractivity contribution in [3.05, 3.63) is 52.8 Å². The molecule has 0 spiro atoms. The average molecular weight is 399 g/mol. The molecular weight excluding hydrogens is 364 g/mol. The Morgan fingerprint density at radius 3 is 2.76 bits per heavy atom. The van der Waals surface area contributed by atoms with E-state index in [-0.39, 0.29) is 12.5 Å². The minimum Gasteiger partial charge on any atom is -0.459 e. The van der Waals surface area contributed by atoms with Gasteiger partial charge in [0.15, 0.2) is 0 Å². The highest BCUT2D eigenvalue weighted by molar-refractivity contribution is 5.69. The first kappa shape index (κ1) is 21.5. The van der Waals surface area contributed by atoms with Crippen LogP contribution >= 0.6 is 0 Å². The quantitative estimate of drug-likeness (QED) is 0.759. The van der Waals surface area contributed by atoms with Crippen molar-refractivity contribution in [3.8, 4) is 0 Å². The number of hydrogen-bond donors (Lipinski definition) is 1. The van der Waals surface area contributed by atoms with Crippen LogP contribution in [-0.4, -0.2) is 51.9 Å². The van der Waals surface area contributed by atoms with Crippen LogP contribution in [0.4, 0.5) is 0 Å². The van der Waals surface area contributed by atoms with Gasteiger partial charge in [0, 0.05) is 44.0 Å². The van der Waals surface area contributed by atoms with Crippen molar-refractivity contribution in [3.63, 3.8) is 0 Å². The van der Waals surface area contributed by atoms with E-state index in [9.17, 15) is 4.79 Å². The fourth-order valence-corrected chi connectivity index (χ4v) is 3.73. The van der Waals surface area contributed by atoms with E-state index in [4.69, 9.17) is 4.74 Å². The third kappa shape index (κ3) is 6.41. The molecule has 29 heavy (non-hydrogen) atoms. The Bertz CT molecular complexity index is 838. The molecule has 1 atom stereocenters. The Hall–Kier alpha value is -2.18. The monoisotopic (exact) mass is 398 g/mol. The summed E-state index contributed by atoms with van der Waals surface area (Å²) in [5.41, 5.74) is 4.72. The number of rotatable bonds is 6. The Labute approximate surface area is 174 Å². The summed E-state index contributed by atoms with van der Waals surface area (Å²) < 4.78 is 7.05. The van der Waals surface area contributed by atoms with Crippen LogP contribution in [0.15, 0.2) is 30.6 Å². The van der Waals surface area contributed by atoms with Gasteiger partial charge in [0.2, 0.25) is 0 Å². The molecule has 6 nitrogen and oxygen atoms in total. The molecule has 1 saturated heterocycles. The minimum absolute atomic E-state index is 0.144. The molecule has 1 aromatic carbocycles. The number of aryl methyl sites for hydroxylation is 2. The fraction of sp³-hybridized carbons (Fsp3) is 0.565. The van der Waals surface area contributed by atoms with E-state index >= 15 is 0 Å². The lowest BCUT2D eigenvalue weighted by atomic mass is 9.99. The molecule has 0 bridgehead atoms. The summed E-state index contributed by atoms with van der Waals surface area (Å²) >= 11 is 0. The van der Waals surface area contributed by atoms with Crippen molar-refractivity contribution < 1.29 is 9.53 Å². The number of nitrogens with one attached hydrogen (secondary N) is 1. The summed E-state index contributed by atoms with van der Waals surface area (Å²) in [6, 6.07) is 7.21. The second kappa shape index (κ2) is 9.09. The minimum atomic E-state index is -0.477. The lowest BCUT2D eigenvalue weighted by molar-refractivity contribution is -0.155. The molecule has 1 N–H and O–H groups in total. The first-order chi connectivity index (χ1) is 13.7. The highest BCUT2D eigenvalue weighted by atomic mass is 16.6. The van der Waals surface area contributed by atoms with Gasteiger partial charge in [-0.05, 0) is 57.7 Å². The van der Waals surface area contributed by atoms with E-state index in [0.717, 1.165) is 38.2 Å². The summed E-state index contributed by atoms with van der Waals surface area (Å²) in [5.74, 6) is -0.262. The van der Waals surface area contributed by atoms with Crippen LogP contribution in [0.25, 0.3) is 0 Å². The van der Waals surface area contributed by atoms with Crippen LogP contribution in [0, 0.1) is 13.8 Å². The van der Waals surface area contributed by atoms with Gasteiger partial charge in [0.05, 0.1) is 6.20 Å². The molecule has 0 aliphatic carbocycles. The number of hydrogen-bond acceptors (Lipinski definition) is 5. The second-order valence-corrected chi connectivity index (χ2v) is 9.08. The topological polar surface area (TPSA) is 59.4 Å². The molecule has 0 saturated carbocycles. The molecular formula is C23H34N4O2. The largest absolute Gasteiger partial charge is 0.459 e. The zero-order valence-corrected chi connectivity index (χ0v) is 18.4. The third-order valence-corrected chi connectivity index (χ3v) is 5.30. The molecule has 6 heteroatoms. The maximum Gasteiger partial charge on any atom is 0.328 e. The number of carbonyl (C=O) groups excluding carboxylic acids is 1. The summed E-state index contributed by atoms with van der Waals surface area (Å²) in [5, 5.41) is 7.88. The van der Waals surface area contributed by atoms with Gasteiger partial charge in [0.1, 0.15) is 12.1 Å². The smallest absolute Gasteiger partial charge is 0.328 e. The normalized spacial score (nSPS) is 18.0. The van der Waals surface area contributed by atoms with Crippen LogP contribution in [0.1, 0.15) is 43.0 Å². The van der Waals surface area contributed by atoms with Gasteiger partial charge in [-0.25, -0.2) is 0 Å². The highest BCUT2D eigenvalue weighted by Gasteiger charge is 2.23. The number of carbonyl (C=O) groups is 1. The summed E-state index contributed by atoms with van der Waals surface area (Å²) in [4.78, 5) is 14.5. The van der Waals surface area contributed by atoms with Crippen molar-refractivity contribution >= 4 is 5.97 Å². The summed E-state index contributed by atoms with van der Waals surface area (Å²) in [7, 11) is 0. The SMILES string of the molecule is Cc1ccc(CC2CNCCN2Cc2cnn(CC(=O)OC(C)(C)C)c2)cc1C. The zero-order valence-electron chi connectivity index (χ0n) is 18.4. The second-order valence-electron chi connectivity index (χ2n) is 9.08. The van der Waals surface area contributed by atoms with Crippen LogP contribution in [0.3, 0.4) is 0 Å². The Morgan fingerprint density at radius 2 is 2.03 bits per heavy atom. The van der Waals surface area contributed by atoms with Crippen LogP contribution in [-0.2, 0) is 29.0 Å². The number of benzene rings is 1. The van der Waals surface area contributed by atoms with Gasteiger partial charge in [-0.3, -0.25) is 14.4 Å². The number of nitrogens with zero attached hydrogens (tertiary/aromatic N) is 3. The molecule has 1 fully saturated rings. The van der Waals surface area contributed by atoms with Gasteiger partial charge in [-0.2, -0.15) is 5.10 Å². The maximum absolute atomic E-state index is 12.0. The molecule has 1 unspecified atom stereocenters. The molecule has 0 amide bonds. The Morgan fingerprint density at radius 1 is 1.24 bits per heavy atom. The van der Waals surface area contributed by atoms with Gasteiger partial charge in [-0.15, -0.1) is 0 Å². The van der Waals surface area contributed by atoms with Gasteiger partial charge < -0.3 is 10.1 Å². The number of piperazine rings is 1. The first-order valence-corrected chi connectivity index (χ1v) is 10.4. The average Bonchev–Trinajstić information content (AvgIpc) is 3.05. The molecule has 3 rings (SSSR count). The predicted molar refractivity (Wildman–Crippen MR) is 115 cm³/mol. The van der Waals surface area contributed by atoms with Crippen molar-refractivity contribution in [1.29, 1.82) is 0 Å². The molecule has 158 valence electrons. The standard InChI is InChI=1S/C23H34N4O2/c1-17-6-7-19(10-18(17)2)11-21-13-24-8-9-26(21)14-20-12-25-27(15-20)16-22(28)29-23(3,4)5/h6-7,10,12,15,21,24H,8-9,11,13-14,16H2,1-5H3. The van der Waals surface area contributed by atoms with E-state index in [0.29, 0.717) is 6.04 Å². The summed E-state index contributed by atoms with van der Waals surface area (Å²) in [6.45, 7) is 13.9. The number of aromatic nitrogens is 2. The Kier molecular flexibility index (Phi) is 6.75. The lowest BCUT2D eigenvalue weighted by Crippen LogP contribution is -2.51. The van der Waals surface area contributed by atoms with Gasteiger partial charge in [-0.1, -0.05) is 18.2 Å². The fourth-order valence-electron chi connectivity index (χ4n) is 3.73. The summed E-state index contributed by atoms with van der Waals surface area (Å²) in [6.07, 6.45) is 4.85. The Balaban J connectivity index is 1.61. The molecule has 1 aliphatic rings. The van der Waals surface area contributed by atoms with E-state index < -0.39 is 5.60 Å². The van der Waals surface area contributed by atoms with E-state index in [2.05, 4.69) is 47.4 Å². The molecule has 1 aromatic heterocycles. The lowest BCUT2D eigenvalue weighted by Gasteiger charge is -2.36. The number of esters is 1. The van der Waals surface area contributed by atoms with E-state index in [1.165, 1.54) is 16.7 Å². The zero-order chi connectivity index (χ0) is 21.0. The molecule has 2 aromatic rings. The number of ether oxygens (including phenoxy) is 1. The van der Waals surface area contributed by atoms with Crippen molar-refractivity contribution in [2.24, 2.45) is 0 Å². The van der Waals surface area contributed by atoms with E-state index in [1.807, 2.05) is 33.2 Å². The highest BCUT2D eigenvalue weighted by Crippen LogP contribution is 2.17. The maximum atomic E-state index is 12.0. The van der Waals surface area contributed by atoms with Gasteiger partial charge in [0.25, 0.3) is 0 Å². The van der Waals surface area contributed by atoms with Crippen LogP contribution in [0.5, 0.6) is 0 Å². The van der Waals surface area contributed by atoms with Crippen molar-refractivity contribution in [2.45, 2.75) is 65.8 Å². The first-order valence-electron chi connectivity index (χ1n) is 10.4. The van der Waals surface area contributed by atoms with Crippen LogP contribution < -0.4 is 5.32 Å². The molecule has 1 aliphatic heterocycles. The van der Waals surface area contributed by atoms with Crippen molar-refractivity contribution in [1.82, 2.24) is 20.0 Å². The predicted octanol–water partition coefficient (Wildman–Crippen LogP) is 2.86. The molecule has 0 radical (unpaired) electrons. The van der Waals surface area contributed by atoms with Crippen molar-refractivity contribution in [2.75, 3.05) is 19.6 Å². The van der Waals surface area contributed by atoms with Crippen LogP contribution in [0.2, 0.25) is 0 Å². The third-order valence-electron chi connectivity index (χ3n) is 5.30. The van der Waals surface area contributed by atoms with Gasteiger partial charge >= 0.3 is 5.97 Å². The molecule has 2 heterocycles.